The third-order valence-electron chi connectivity index (χ3n) is 4.83. The van der Waals surface area contributed by atoms with E-state index in [1.165, 1.54) is 46.6 Å². The van der Waals surface area contributed by atoms with Crippen LogP contribution in [0, 0.1) is 11.6 Å². The molecule has 168 valence electrons. The second-order valence-electron chi connectivity index (χ2n) is 7.62. The van der Waals surface area contributed by atoms with E-state index >= 15 is 0 Å². The van der Waals surface area contributed by atoms with Gasteiger partial charge in [0.25, 0.3) is 0 Å². The van der Waals surface area contributed by atoms with E-state index in [-0.39, 0.29) is 30.9 Å². The number of thiophene rings is 1. The van der Waals surface area contributed by atoms with Crippen LogP contribution in [-0.4, -0.2) is 34.3 Å². The van der Waals surface area contributed by atoms with Crippen LogP contribution in [0.1, 0.15) is 24.3 Å². The molecule has 0 spiro atoms. The molecule has 5 nitrogen and oxygen atoms in total. The third-order valence-corrected chi connectivity index (χ3v) is 5.69. The van der Waals surface area contributed by atoms with Gasteiger partial charge in [0.2, 0.25) is 5.91 Å². The van der Waals surface area contributed by atoms with Crippen LogP contribution in [0.2, 0.25) is 0 Å². The van der Waals surface area contributed by atoms with Gasteiger partial charge in [-0.25, -0.2) is 13.6 Å². The molecule has 1 N–H and O–H groups in total. The maximum absolute atomic E-state index is 13.5. The lowest BCUT2D eigenvalue weighted by Gasteiger charge is -2.30. The van der Waals surface area contributed by atoms with Crippen molar-refractivity contribution in [2.75, 3.05) is 11.9 Å². The van der Waals surface area contributed by atoms with E-state index in [0.717, 1.165) is 10.4 Å². The van der Waals surface area contributed by atoms with Gasteiger partial charge >= 0.3 is 6.03 Å². The molecule has 8 heteroatoms. The minimum atomic E-state index is -0.489. The van der Waals surface area contributed by atoms with Gasteiger partial charge in [-0.2, -0.15) is 0 Å². The van der Waals surface area contributed by atoms with Gasteiger partial charge in [-0.15, -0.1) is 11.3 Å². The fraction of sp³-hybridized carbons (Fsp3) is 0.250. The summed E-state index contributed by atoms with van der Waals surface area (Å²) in [4.78, 5) is 30.1. The van der Waals surface area contributed by atoms with Crippen LogP contribution in [0.15, 0.2) is 66.0 Å². The molecular formula is C24H25F2N3O2S. The van der Waals surface area contributed by atoms with Crippen molar-refractivity contribution in [3.8, 4) is 0 Å². The highest BCUT2D eigenvalue weighted by molar-refractivity contribution is 7.09. The summed E-state index contributed by atoms with van der Waals surface area (Å²) < 4.78 is 26.7. The molecule has 1 heterocycles. The fourth-order valence-electron chi connectivity index (χ4n) is 3.13. The van der Waals surface area contributed by atoms with Crippen LogP contribution >= 0.6 is 11.3 Å². The summed E-state index contributed by atoms with van der Waals surface area (Å²) in [6, 6.07) is 14.7. The minimum Gasteiger partial charge on any atom is -0.332 e. The van der Waals surface area contributed by atoms with Gasteiger partial charge in [0.15, 0.2) is 0 Å². The smallest absolute Gasteiger partial charge is 0.322 e. The van der Waals surface area contributed by atoms with Gasteiger partial charge in [-0.1, -0.05) is 24.3 Å². The number of halogens is 2. The first-order chi connectivity index (χ1) is 15.3. The van der Waals surface area contributed by atoms with E-state index in [0.29, 0.717) is 12.2 Å². The Labute approximate surface area is 190 Å². The second-order valence-corrected chi connectivity index (χ2v) is 8.65. The van der Waals surface area contributed by atoms with Gasteiger partial charge in [0.05, 0.1) is 6.54 Å². The predicted molar refractivity (Wildman–Crippen MR) is 122 cm³/mol. The average Bonchev–Trinajstić information content (AvgIpc) is 3.26. The Morgan fingerprint density at radius 2 is 1.72 bits per heavy atom. The van der Waals surface area contributed by atoms with Crippen molar-refractivity contribution < 1.29 is 18.4 Å². The number of carbonyl (C=O) groups is 2. The Balaban J connectivity index is 1.74. The molecule has 0 saturated heterocycles. The number of rotatable bonds is 8. The Kier molecular flexibility index (Phi) is 7.94. The lowest BCUT2D eigenvalue weighted by atomic mass is 10.2. The highest BCUT2D eigenvalue weighted by Gasteiger charge is 2.24. The van der Waals surface area contributed by atoms with Crippen molar-refractivity contribution in [2.45, 2.75) is 33.0 Å². The van der Waals surface area contributed by atoms with E-state index in [2.05, 4.69) is 5.32 Å². The molecule has 0 fully saturated rings. The number of hydrogen-bond acceptors (Lipinski definition) is 3. The van der Waals surface area contributed by atoms with Gasteiger partial charge in [0.1, 0.15) is 18.2 Å². The first kappa shape index (κ1) is 23.4. The monoisotopic (exact) mass is 457 g/mol. The zero-order chi connectivity index (χ0) is 23.1. The summed E-state index contributed by atoms with van der Waals surface area (Å²) in [6.45, 7) is 4.13. The molecule has 0 unspecified atom stereocenters. The number of benzene rings is 2. The molecule has 0 aliphatic heterocycles. The number of nitrogens with zero attached hydrogens (tertiary/aromatic N) is 2. The van der Waals surface area contributed by atoms with E-state index in [1.54, 1.807) is 23.1 Å². The molecule has 3 rings (SSSR count). The van der Waals surface area contributed by atoms with Crippen molar-refractivity contribution in [3.63, 3.8) is 0 Å². The third kappa shape index (κ3) is 6.62. The van der Waals surface area contributed by atoms with E-state index in [4.69, 9.17) is 0 Å². The Morgan fingerprint density at radius 1 is 0.969 bits per heavy atom. The topological polar surface area (TPSA) is 52.7 Å². The second kappa shape index (κ2) is 10.9. The molecule has 0 aliphatic carbocycles. The molecule has 0 bridgehead atoms. The zero-order valence-corrected chi connectivity index (χ0v) is 18.7. The van der Waals surface area contributed by atoms with Crippen molar-refractivity contribution in [2.24, 2.45) is 0 Å². The summed E-state index contributed by atoms with van der Waals surface area (Å²) in [6.07, 6.45) is 0. The molecule has 32 heavy (non-hydrogen) atoms. The summed E-state index contributed by atoms with van der Waals surface area (Å²) in [5.74, 6) is -1.05. The van der Waals surface area contributed by atoms with Crippen molar-refractivity contribution in [1.82, 2.24) is 9.80 Å². The number of hydrogen-bond donors (Lipinski definition) is 1. The van der Waals surface area contributed by atoms with Gasteiger partial charge in [-0.05, 0) is 61.2 Å². The molecule has 2 aromatic carbocycles. The summed E-state index contributed by atoms with van der Waals surface area (Å²) in [5.41, 5.74) is 1.10. The molecule has 3 amide bonds. The Hall–Kier alpha value is -3.26. The molecule has 0 radical (unpaired) electrons. The quantitative estimate of drug-likeness (QED) is 0.486. The Bertz CT molecular complexity index is 1040. The number of anilines is 1. The van der Waals surface area contributed by atoms with Gasteiger partial charge in [0, 0.05) is 23.2 Å². The summed E-state index contributed by atoms with van der Waals surface area (Å²) >= 11 is 1.53. The zero-order valence-electron chi connectivity index (χ0n) is 17.9. The van der Waals surface area contributed by atoms with Crippen LogP contribution in [0.4, 0.5) is 19.3 Å². The van der Waals surface area contributed by atoms with Crippen LogP contribution in [-0.2, 0) is 17.9 Å². The molecule has 0 atom stereocenters. The maximum atomic E-state index is 13.5. The normalized spacial score (nSPS) is 10.8. The SMILES string of the molecule is CC(C)N(CC(=O)N(Cc1ccc(F)cc1)Cc1cccs1)C(=O)Nc1cccc(F)c1. The largest absolute Gasteiger partial charge is 0.332 e. The van der Waals surface area contributed by atoms with Crippen LogP contribution < -0.4 is 5.32 Å². The standard InChI is InChI=1S/C24H25F2N3O2S/c1-17(2)29(24(31)27-21-6-3-5-20(26)13-21)16-23(30)28(15-22-7-4-12-32-22)14-18-8-10-19(25)11-9-18/h3-13,17H,14-16H2,1-2H3,(H,27,31). The van der Waals surface area contributed by atoms with Crippen molar-refractivity contribution in [3.05, 3.63) is 88.1 Å². The maximum Gasteiger partial charge on any atom is 0.322 e. The fourth-order valence-corrected chi connectivity index (χ4v) is 3.85. The lowest BCUT2D eigenvalue weighted by molar-refractivity contribution is -0.133. The molecule has 1 aromatic heterocycles. The number of carbonyl (C=O) groups excluding carboxylic acids is 2. The van der Waals surface area contributed by atoms with E-state index < -0.39 is 11.8 Å². The molecule has 0 aliphatic rings. The number of urea groups is 1. The first-order valence-electron chi connectivity index (χ1n) is 10.2. The highest BCUT2D eigenvalue weighted by atomic mass is 32.1. The van der Waals surface area contributed by atoms with Crippen LogP contribution in [0.25, 0.3) is 0 Å². The summed E-state index contributed by atoms with van der Waals surface area (Å²) in [5, 5.41) is 4.58. The molecule has 0 saturated carbocycles. The average molecular weight is 458 g/mol. The highest BCUT2D eigenvalue weighted by Crippen LogP contribution is 2.17. The summed E-state index contributed by atoms with van der Waals surface area (Å²) in [7, 11) is 0. The molecule has 3 aromatic rings. The lowest BCUT2D eigenvalue weighted by Crippen LogP contribution is -2.47. The van der Waals surface area contributed by atoms with Crippen LogP contribution in [0.3, 0.4) is 0 Å². The molecular weight excluding hydrogens is 432 g/mol. The van der Waals surface area contributed by atoms with Crippen molar-refractivity contribution in [1.29, 1.82) is 0 Å². The van der Waals surface area contributed by atoms with E-state index in [1.807, 2.05) is 31.4 Å². The van der Waals surface area contributed by atoms with Gasteiger partial charge in [-0.3, -0.25) is 4.79 Å². The van der Waals surface area contributed by atoms with Crippen LogP contribution in [0.5, 0.6) is 0 Å². The Morgan fingerprint density at radius 3 is 2.34 bits per heavy atom. The van der Waals surface area contributed by atoms with E-state index in [9.17, 15) is 18.4 Å². The first-order valence-corrected chi connectivity index (χ1v) is 11.1. The predicted octanol–water partition coefficient (Wildman–Crippen LogP) is 5.50. The van der Waals surface area contributed by atoms with Gasteiger partial charge < -0.3 is 15.1 Å². The number of nitrogens with one attached hydrogen (secondary N) is 1. The van der Waals surface area contributed by atoms with Crippen molar-refractivity contribution >= 4 is 29.0 Å². The minimum absolute atomic E-state index is 0.147. The number of amides is 3.